The fourth-order valence-corrected chi connectivity index (χ4v) is 2.06. The molecule has 0 saturated heterocycles. The number of benzene rings is 1. The molecule has 19 heavy (non-hydrogen) atoms. The molecule has 3 N–H and O–H groups in total. The normalized spacial score (nSPS) is 14.8. The summed E-state index contributed by atoms with van der Waals surface area (Å²) in [5.74, 6) is 0.0523. The molecule has 0 saturated carbocycles. The third-order valence-corrected chi connectivity index (χ3v) is 3.95. The van der Waals surface area contributed by atoms with Crippen molar-refractivity contribution in [1.82, 2.24) is 5.32 Å². The molecule has 1 unspecified atom stereocenters. The summed E-state index contributed by atoms with van der Waals surface area (Å²) in [5, 5.41) is 3.16. The molecule has 3 nitrogen and oxygen atoms in total. The van der Waals surface area contributed by atoms with Crippen LogP contribution in [0.1, 0.15) is 46.1 Å². The maximum absolute atomic E-state index is 12.6. The van der Waals surface area contributed by atoms with Crippen molar-refractivity contribution in [3.05, 3.63) is 35.9 Å². The third kappa shape index (κ3) is 3.80. The van der Waals surface area contributed by atoms with E-state index in [9.17, 15) is 4.79 Å². The van der Waals surface area contributed by atoms with Gasteiger partial charge in [0.1, 0.15) is 0 Å². The number of nitrogens with one attached hydrogen (secondary N) is 1. The van der Waals surface area contributed by atoms with Gasteiger partial charge < -0.3 is 11.1 Å². The van der Waals surface area contributed by atoms with Crippen molar-refractivity contribution < 1.29 is 4.79 Å². The van der Waals surface area contributed by atoms with Crippen molar-refractivity contribution in [3.63, 3.8) is 0 Å². The minimum Gasteiger partial charge on any atom is -0.350 e. The van der Waals surface area contributed by atoms with E-state index >= 15 is 0 Å². The van der Waals surface area contributed by atoms with Crippen LogP contribution in [0.25, 0.3) is 0 Å². The highest BCUT2D eigenvalue weighted by molar-refractivity contribution is 5.87. The summed E-state index contributed by atoms with van der Waals surface area (Å²) in [7, 11) is 0. The van der Waals surface area contributed by atoms with Crippen molar-refractivity contribution in [2.24, 2.45) is 5.73 Å². The van der Waals surface area contributed by atoms with Crippen LogP contribution >= 0.6 is 0 Å². The summed E-state index contributed by atoms with van der Waals surface area (Å²) in [6.07, 6.45) is 1.67. The van der Waals surface area contributed by atoms with Crippen molar-refractivity contribution in [2.75, 3.05) is 6.54 Å². The third-order valence-electron chi connectivity index (χ3n) is 3.95. The van der Waals surface area contributed by atoms with Gasteiger partial charge in [0.2, 0.25) is 5.91 Å². The zero-order chi connectivity index (χ0) is 14.5. The van der Waals surface area contributed by atoms with Crippen LogP contribution in [-0.4, -0.2) is 18.0 Å². The van der Waals surface area contributed by atoms with Gasteiger partial charge in [-0.2, -0.15) is 0 Å². The lowest BCUT2D eigenvalue weighted by atomic mass is 9.82. The second-order valence-electron chi connectivity index (χ2n) is 5.90. The summed E-state index contributed by atoms with van der Waals surface area (Å²) < 4.78 is 0. The van der Waals surface area contributed by atoms with Crippen LogP contribution in [0.15, 0.2) is 30.3 Å². The van der Waals surface area contributed by atoms with Gasteiger partial charge in [-0.15, -0.1) is 0 Å². The quantitative estimate of drug-likeness (QED) is 0.828. The van der Waals surface area contributed by atoms with E-state index in [1.54, 1.807) is 0 Å². The molecule has 0 fully saturated rings. The molecular formula is C16H26N2O. The highest BCUT2D eigenvalue weighted by atomic mass is 16.2. The number of carbonyl (C=O) groups excluding carboxylic acids is 1. The number of nitrogens with two attached hydrogens (primary N) is 1. The Morgan fingerprint density at radius 1 is 1.21 bits per heavy atom. The van der Waals surface area contributed by atoms with E-state index in [4.69, 9.17) is 5.73 Å². The van der Waals surface area contributed by atoms with E-state index in [1.165, 1.54) is 0 Å². The minimum atomic E-state index is -0.535. The predicted molar refractivity (Wildman–Crippen MR) is 80.0 cm³/mol. The van der Waals surface area contributed by atoms with E-state index in [1.807, 2.05) is 44.2 Å². The Hall–Kier alpha value is -1.35. The predicted octanol–water partition coefficient (Wildman–Crippen LogP) is 2.60. The molecule has 3 heteroatoms. The number of hydrogen-bond donors (Lipinski definition) is 2. The summed E-state index contributed by atoms with van der Waals surface area (Å²) in [5.41, 5.74) is 5.90. The highest BCUT2D eigenvalue weighted by Gasteiger charge is 2.34. The van der Waals surface area contributed by atoms with Crippen LogP contribution in [0.2, 0.25) is 0 Å². The maximum atomic E-state index is 12.6. The first kappa shape index (κ1) is 15.7. The molecule has 0 aliphatic carbocycles. The molecule has 0 heterocycles. The zero-order valence-electron chi connectivity index (χ0n) is 12.5. The summed E-state index contributed by atoms with van der Waals surface area (Å²) in [6.45, 7) is 8.62. The van der Waals surface area contributed by atoms with Crippen LogP contribution in [0, 0.1) is 0 Å². The molecular weight excluding hydrogens is 236 g/mol. The molecule has 0 radical (unpaired) electrons. The van der Waals surface area contributed by atoms with Crippen molar-refractivity contribution in [1.29, 1.82) is 0 Å². The Labute approximate surface area is 116 Å². The highest BCUT2D eigenvalue weighted by Crippen LogP contribution is 2.25. The summed E-state index contributed by atoms with van der Waals surface area (Å²) in [4.78, 5) is 12.6. The van der Waals surface area contributed by atoms with Gasteiger partial charge in [-0.1, -0.05) is 37.3 Å². The molecule has 1 aromatic rings. The Kier molecular flexibility index (Phi) is 5.12. The van der Waals surface area contributed by atoms with E-state index in [0.29, 0.717) is 6.54 Å². The van der Waals surface area contributed by atoms with E-state index in [2.05, 4.69) is 19.2 Å². The van der Waals surface area contributed by atoms with Crippen LogP contribution in [0.3, 0.4) is 0 Å². The molecule has 0 bridgehead atoms. The van der Waals surface area contributed by atoms with Gasteiger partial charge in [0.15, 0.2) is 0 Å². The van der Waals surface area contributed by atoms with Crippen molar-refractivity contribution in [3.8, 4) is 0 Å². The first-order chi connectivity index (χ1) is 8.85. The number of hydrogen-bond acceptors (Lipinski definition) is 2. The number of carbonyl (C=O) groups is 1. The topological polar surface area (TPSA) is 55.1 Å². The standard InChI is InChI=1S/C16H26N2O/c1-5-16(4,11-12-17)18-14(19)15(2,3)13-9-7-6-8-10-13/h6-10H,5,11-12,17H2,1-4H3,(H,18,19). The SMILES string of the molecule is CCC(C)(CCN)NC(=O)C(C)(C)c1ccccc1. The lowest BCUT2D eigenvalue weighted by molar-refractivity contribution is -0.127. The smallest absolute Gasteiger partial charge is 0.230 e. The molecule has 0 spiro atoms. The number of amides is 1. The van der Waals surface area contributed by atoms with Gasteiger partial charge in [0, 0.05) is 5.54 Å². The Morgan fingerprint density at radius 2 is 1.79 bits per heavy atom. The molecule has 0 aromatic heterocycles. The minimum absolute atomic E-state index is 0.0523. The molecule has 0 aliphatic heterocycles. The molecule has 1 rings (SSSR count). The van der Waals surface area contributed by atoms with Gasteiger partial charge in [-0.25, -0.2) is 0 Å². The lowest BCUT2D eigenvalue weighted by Gasteiger charge is -2.34. The second kappa shape index (κ2) is 6.20. The molecule has 1 amide bonds. The fourth-order valence-electron chi connectivity index (χ4n) is 2.06. The van der Waals surface area contributed by atoms with E-state index < -0.39 is 5.41 Å². The molecule has 106 valence electrons. The number of rotatable bonds is 6. The van der Waals surface area contributed by atoms with Gasteiger partial charge >= 0.3 is 0 Å². The van der Waals surface area contributed by atoms with Crippen LogP contribution in [-0.2, 0) is 10.2 Å². The largest absolute Gasteiger partial charge is 0.350 e. The van der Waals surface area contributed by atoms with E-state index in [0.717, 1.165) is 18.4 Å². The Balaban J connectivity index is 2.88. The first-order valence-corrected chi connectivity index (χ1v) is 6.94. The summed E-state index contributed by atoms with van der Waals surface area (Å²) in [6, 6.07) is 9.87. The van der Waals surface area contributed by atoms with Crippen molar-refractivity contribution in [2.45, 2.75) is 51.5 Å². The maximum Gasteiger partial charge on any atom is 0.230 e. The average Bonchev–Trinajstić information content (AvgIpc) is 2.40. The fraction of sp³-hybridized carbons (Fsp3) is 0.562. The van der Waals surface area contributed by atoms with Gasteiger partial charge in [-0.3, -0.25) is 4.79 Å². The van der Waals surface area contributed by atoms with Crippen LogP contribution < -0.4 is 11.1 Å². The van der Waals surface area contributed by atoms with Crippen LogP contribution in [0.5, 0.6) is 0 Å². The van der Waals surface area contributed by atoms with E-state index in [-0.39, 0.29) is 11.4 Å². The monoisotopic (exact) mass is 262 g/mol. The molecule has 1 aromatic carbocycles. The zero-order valence-corrected chi connectivity index (χ0v) is 12.5. The lowest BCUT2D eigenvalue weighted by Crippen LogP contribution is -2.52. The van der Waals surface area contributed by atoms with Crippen LogP contribution in [0.4, 0.5) is 0 Å². The second-order valence-corrected chi connectivity index (χ2v) is 5.90. The van der Waals surface area contributed by atoms with Crippen molar-refractivity contribution >= 4 is 5.91 Å². The average molecular weight is 262 g/mol. The summed E-state index contributed by atoms with van der Waals surface area (Å²) >= 11 is 0. The van der Waals surface area contributed by atoms with Gasteiger partial charge in [0.05, 0.1) is 5.41 Å². The Bertz CT molecular complexity index is 414. The Morgan fingerprint density at radius 3 is 2.26 bits per heavy atom. The molecule has 0 aliphatic rings. The first-order valence-electron chi connectivity index (χ1n) is 6.94. The van der Waals surface area contributed by atoms with Gasteiger partial charge in [0.25, 0.3) is 0 Å². The van der Waals surface area contributed by atoms with Gasteiger partial charge in [-0.05, 0) is 45.7 Å². The molecule has 1 atom stereocenters.